The van der Waals surface area contributed by atoms with Gasteiger partial charge in [0.15, 0.2) is 0 Å². The highest BCUT2D eigenvalue weighted by Crippen LogP contribution is 2.35. The van der Waals surface area contributed by atoms with Crippen molar-refractivity contribution in [3.05, 3.63) is 36.1 Å². The smallest absolute Gasteiger partial charge is 0.223 e. The Morgan fingerprint density at radius 2 is 2.23 bits per heavy atom. The highest BCUT2D eigenvalue weighted by atomic mass is 16.2. The number of carbonyl (C=O) groups is 1. The van der Waals surface area contributed by atoms with Gasteiger partial charge in [0.25, 0.3) is 0 Å². The van der Waals surface area contributed by atoms with E-state index in [1.54, 1.807) is 18.6 Å². The summed E-state index contributed by atoms with van der Waals surface area (Å²) in [5.41, 5.74) is 2.11. The van der Waals surface area contributed by atoms with Crippen LogP contribution >= 0.6 is 0 Å². The fraction of sp³-hybridized carbons (Fsp3) is 0.526. The van der Waals surface area contributed by atoms with Gasteiger partial charge in [0.2, 0.25) is 11.7 Å². The van der Waals surface area contributed by atoms with Crippen LogP contribution in [0, 0.1) is 5.41 Å². The summed E-state index contributed by atoms with van der Waals surface area (Å²) in [5.74, 6) is 1.36. The molecule has 0 radical (unpaired) electrons. The molecule has 1 aliphatic rings. The Hall–Kier alpha value is -2.57. The minimum absolute atomic E-state index is 0.146. The third-order valence-corrected chi connectivity index (χ3v) is 4.83. The Kier molecular flexibility index (Phi) is 5.44. The summed E-state index contributed by atoms with van der Waals surface area (Å²) in [5, 5.41) is 7.12. The zero-order valence-corrected chi connectivity index (χ0v) is 15.7. The molecule has 3 rings (SSSR count). The monoisotopic (exact) mass is 354 g/mol. The van der Waals surface area contributed by atoms with Crippen LogP contribution in [0.1, 0.15) is 52.3 Å². The highest BCUT2D eigenvalue weighted by molar-refractivity contribution is 5.77. The number of amides is 1. The highest BCUT2D eigenvalue weighted by Gasteiger charge is 2.34. The summed E-state index contributed by atoms with van der Waals surface area (Å²) in [6.07, 6.45) is 10.8. The van der Waals surface area contributed by atoms with Crippen LogP contribution in [0.15, 0.2) is 30.2 Å². The minimum Gasteiger partial charge on any atom is -0.335 e. The summed E-state index contributed by atoms with van der Waals surface area (Å²) >= 11 is 0. The average Bonchev–Trinajstić information content (AvgIpc) is 3.07. The van der Waals surface area contributed by atoms with E-state index in [9.17, 15) is 4.79 Å². The lowest BCUT2D eigenvalue weighted by Gasteiger charge is -2.40. The second-order valence-electron chi connectivity index (χ2n) is 7.58. The van der Waals surface area contributed by atoms with Gasteiger partial charge < -0.3 is 4.90 Å². The van der Waals surface area contributed by atoms with Crippen molar-refractivity contribution < 1.29 is 4.79 Å². The zero-order valence-electron chi connectivity index (χ0n) is 15.7. The number of nitrogens with zero attached hydrogens (tertiary/aromatic N) is 5. The number of nitrogens with one attached hydrogen (secondary N) is 1. The molecule has 26 heavy (non-hydrogen) atoms. The van der Waals surface area contributed by atoms with Crippen molar-refractivity contribution in [2.24, 2.45) is 5.41 Å². The van der Waals surface area contributed by atoms with Crippen molar-refractivity contribution in [3.8, 4) is 11.5 Å². The molecule has 1 atom stereocenters. The largest absolute Gasteiger partial charge is 0.335 e. The predicted octanol–water partition coefficient (Wildman–Crippen LogP) is 3.14. The number of H-pyrrole nitrogens is 1. The van der Waals surface area contributed by atoms with Crippen molar-refractivity contribution in [2.45, 2.75) is 53.0 Å². The van der Waals surface area contributed by atoms with Crippen LogP contribution in [-0.2, 0) is 11.3 Å². The molecule has 1 saturated heterocycles. The minimum atomic E-state index is 0.146. The number of likely N-dealkylation sites (tertiary alicyclic amines) is 1. The molecule has 0 saturated carbocycles. The number of allylic oxidation sites excluding steroid dienone is 2. The summed E-state index contributed by atoms with van der Waals surface area (Å²) in [4.78, 5) is 27.0. The first-order valence-corrected chi connectivity index (χ1v) is 9.04. The normalized spacial score (nSPS) is 20.3. The van der Waals surface area contributed by atoms with Crippen LogP contribution in [0.3, 0.4) is 0 Å². The van der Waals surface area contributed by atoms with Gasteiger partial charge in [-0.15, -0.1) is 0 Å². The van der Waals surface area contributed by atoms with Crippen molar-refractivity contribution in [1.29, 1.82) is 0 Å². The SMILES string of the molecule is CC(C)=CCCC1(C)CCC(=O)N(Cc2nc(-c3cnccn3)n[nH]2)C1. The first-order valence-electron chi connectivity index (χ1n) is 9.04. The van der Waals surface area contributed by atoms with E-state index in [0.717, 1.165) is 25.8 Å². The Morgan fingerprint density at radius 3 is 2.96 bits per heavy atom. The van der Waals surface area contributed by atoms with Gasteiger partial charge in [-0.1, -0.05) is 18.6 Å². The third kappa shape index (κ3) is 4.53. The van der Waals surface area contributed by atoms with Crippen molar-refractivity contribution in [3.63, 3.8) is 0 Å². The van der Waals surface area contributed by atoms with Crippen LogP contribution in [0.4, 0.5) is 0 Å². The van der Waals surface area contributed by atoms with E-state index >= 15 is 0 Å². The van der Waals surface area contributed by atoms with Gasteiger partial charge in [0.1, 0.15) is 11.5 Å². The van der Waals surface area contributed by atoms with E-state index in [1.165, 1.54) is 5.57 Å². The molecule has 138 valence electrons. The second kappa shape index (κ2) is 7.76. The molecule has 7 nitrogen and oxygen atoms in total. The number of aromatic nitrogens is 5. The molecular formula is C19H26N6O. The van der Waals surface area contributed by atoms with Crippen LogP contribution < -0.4 is 0 Å². The molecule has 0 aromatic carbocycles. The summed E-state index contributed by atoms with van der Waals surface area (Å²) in [6.45, 7) is 7.72. The van der Waals surface area contributed by atoms with E-state index in [0.29, 0.717) is 30.3 Å². The molecule has 1 unspecified atom stereocenters. The van der Waals surface area contributed by atoms with Crippen molar-refractivity contribution in [2.75, 3.05) is 6.54 Å². The molecular weight excluding hydrogens is 328 g/mol. The number of hydrogen-bond donors (Lipinski definition) is 1. The number of aromatic amines is 1. The van der Waals surface area contributed by atoms with E-state index in [2.05, 4.69) is 52.0 Å². The molecule has 0 aliphatic carbocycles. The van der Waals surface area contributed by atoms with Gasteiger partial charge in [-0.2, -0.15) is 5.10 Å². The first-order chi connectivity index (χ1) is 12.5. The van der Waals surface area contributed by atoms with Crippen LogP contribution in [0.2, 0.25) is 0 Å². The summed E-state index contributed by atoms with van der Waals surface area (Å²) in [6, 6.07) is 0. The summed E-state index contributed by atoms with van der Waals surface area (Å²) in [7, 11) is 0. The molecule has 1 aliphatic heterocycles. The molecule has 7 heteroatoms. The van der Waals surface area contributed by atoms with Crippen LogP contribution in [0.5, 0.6) is 0 Å². The zero-order chi connectivity index (χ0) is 18.6. The van der Waals surface area contributed by atoms with Gasteiger partial charge in [-0.3, -0.25) is 14.9 Å². The summed E-state index contributed by atoms with van der Waals surface area (Å²) < 4.78 is 0. The number of hydrogen-bond acceptors (Lipinski definition) is 5. The maximum Gasteiger partial charge on any atom is 0.223 e. The van der Waals surface area contributed by atoms with E-state index in [4.69, 9.17) is 0 Å². The van der Waals surface area contributed by atoms with Gasteiger partial charge in [0.05, 0.1) is 12.7 Å². The van der Waals surface area contributed by atoms with E-state index in [1.807, 2.05) is 4.90 Å². The first kappa shape index (κ1) is 18.2. The van der Waals surface area contributed by atoms with Crippen LogP contribution in [-0.4, -0.2) is 42.5 Å². The Balaban J connectivity index is 1.65. The lowest BCUT2D eigenvalue weighted by molar-refractivity contribution is -0.138. The number of piperidine rings is 1. The fourth-order valence-electron chi connectivity index (χ4n) is 3.33. The quantitative estimate of drug-likeness (QED) is 0.805. The molecule has 0 bridgehead atoms. The van der Waals surface area contributed by atoms with Gasteiger partial charge in [-0.05, 0) is 38.5 Å². The van der Waals surface area contributed by atoms with Crippen molar-refractivity contribution in [1.82, 2.24) is 30.0 Å². The Morgan fingerprint density at radius 1 is 1.38 bits per heavy atom. The predicted molar refractivity (Wildman–Crippen MR) is 98.8 cm³/mol. The maximum atomic E-state index is 12.4. The Labute approximate surface area is 154 Å². The van der Waals surface area contributed by atoms with Gasteiger partial charge >= 0.3 is 0 Å². The van der Waals surface area contributed by atoms with E-state index in [-0.39, 0.29) is 11.3 Å². The van der Waals surface area contributed by atoms with Crippen molar-refractivity contribution >= 4 is 5.91 Å². The average molecular weight is 354 g/mol. The van der Waals surface area contributed by atoms with E-state index < -0.39 is 0 Å². The standard InChI is InChI=1S/C19H26N6O/c1-14(2)5-4-7-19(3)8-6-17(26)25(13-19)12-16-22-18(24-23-16)15-11-20-9-10-21-15/h5,9-11H,4,6-8,12-13H2,1-3H3,(H,22,23,24). The lowest BCUT2D eigenvalue weighted by atomic mass is 9.77. The molecule has 2 aromatic rings. The molecule has 1 fully saturated rings. The number of carbonyl (C=O) groups excluding carboxylic acids is 1. The fourth-order valence-corrected chi connectivity index (χ4v) is 3.33. The second-order valence-corrected chi connectivity index (χ2v) is 7.58. The number of rotatable bonds is 6. The topological polar surface area (TPSA) is 87.7 Å². The molecule has 0 spiro atoms. The molecule has 1 amide bonds. The van der Waals surface area contributed by atoms with Gasteiger partial charge in [0, 0.05) is 25.4 Å². The molecule has 1 N–H and O–H groups in total. The van der Waals surface area contributed by atoms with Crippen LogP contribution in [0.25, 0.3) is 11.5 Å². The molecule has 3 heterocycles. The van der Waals surface area contributed by atoms with Gasteiger partial charge in [-0.25, -0.2) is 9.97 Å². The Bertz CT molecular complexity index is 780. The maximum absolute atomic E-state index is 12.4. The lowest BCUT2D eigenvalue weighted by Crippen LogP contribution is -2.44. The molecule has 2 aromatic heterocycles. The third-order valence-electron chi connectivity index (χ3n) is 4.83.